The van der Waals surface area contributed by atoms with Gasteiger partial charge in [0.05, 0.1) is 5.60 Å². The van der Waals surface area contributed by atoms with Crippen molar-refractivity contribution in [3.63, 3.8) is 0 Å². The summed E-state index contributed by atoms with van der Waals surface area (Å²) in [5.41, 5.74) is 0.0541. The van der Waals surface area contributed by atoms with Gasteiger partial charge in [-0.25, -0.2) is 0 Å². The molecule has 0 spiro atoms. The topological polar surface area (TPSA) is 40.5 Å². The first-order valence-electron chi connectivity index (χ1n) is 9.28. The summed E-state index contributed by atoms with van der Waals surface area (Å²) in [6.45, 7) is 4.90. The molecular weight excluding hydrogens is 260 g/mol. The second-order valence-electron chi connectivity index (χ2n) is 9.33. The van der Waals surface area contributed by atoms with Crippen LogP contribution in [-0.4, -0.2) is 22.4 Å². The van der Waals surface area contributed by atoms with Crippen molar-refractivity contribution in [3.05, 3.63) is 0 Å². The summed E-state index contributed by atoms with van der Waals surface area (Å²) < 4.78 is 0. The fourth-order valence-electron chi connectivity index (χ4n) is 7.08. The Morgan fingerprint density at radius 2 is 1.71 bits per heavy atom. The third-order valence-corrected chi connectivity index (χ3v) is 8.37. The molecule has 2 nitrogen and oxygen atoms in total. The lowest BCUT2D eigenvalue weighted by atomic mass is 9.40. The second kappa shape index (κ2) is 4.71. The van der Waals surface area contributed by atoms with E-state index < -0.39 is 5.60 Å². The van der Waals surface area contributed by atoms with Crippen molar-refractivity contribution >= 4 is 0 Å². The summed E-state index contributed by atoms with van der Waals surface area (Å²) in [7, 11) is 0. The number of hydrogen-bond acceptors (Lipinski definition) is 2. The molecule has 8 atom stereocenters. The molecule has 0 aromatic heterocycles. The molecule has 2 N–H and O–H groups in total. The Morgan fingerprint density at radius 3 is 2.48 bits per heavy atom. The number of aliphatic hydroxyl groups excluding tert-OH is 1. The maximum Gasteiger partial charge on any atom is 0.0622 e. The molecular formula is C19H32O2. The zero-order valence-corrected chi connectivity index (χ0v) is 13.7. The Kier molecular flexibility index (Phi) is 3.25. The molecule has 21 heavy (non-hydrogen) atoms. The smallest absolute Gasteiger partial charge is 0.0622 e. The van der Waals surface area contributed by atoms with Crippen LogP contribution in [0.1, 0.15) is 65.2 Å². The van der Waals surface area contributed by atoms with Gasteiger partial charge in [-0.3, -0.25) is 0 Å². The minimum absolute atomic E-state index is 0.393. The Labute approximate surface area is 129 Å². The van der Waals surface area contributed by atoms with Crippen molar-refractivity contribution in [2.45, 2.75) is 70.8 Å². The molecule has 0 radical (unpaired) electrons. The number of aliphatic hydroxyl groups is 2. The second-order valence-corrected chi connectivity index (χ2v) is 9.33. The van der Waals surface area contributed by atoms with Gasteiger partial charge in [0.25, 0.3) is 0 Å². The van der Waals surface area contributed by atoms with E-state index in [4.69, 9.17) is 0 Å². The van der Waals surface area contributed by atoms with Gasteiger partial charge < -0.3 is 10.2 Å². The van der Waals surface area contributed by atoms with E-state index in [1.165, 1.54) is 38.5 Å². The molecule has 4 aliphatic rings. The summed E-state index contributed by atoms with van der Waals surface area (Å²) in [4.78, 5) is 0. The van der Waals surface area contributed by atoms with Crippen LogP contribution in [0.4, 0.5) is 0 Å². The monoisotopic (exact) mass is 292 g/mol. The van der Waals surface area contributed by atoms with E-state index in [9.17, 15) is 10.2 Å². The number of fused-ring (bicyclic) bond motifs is 5. The SMILES string of the molecule is C[C@@]1(O)CC[C@H]2[C@H](CC[C@@H]3[C@@H]2CC[C@]2(C)[C@H](CO)C[C@@H]32)C1. The van der Waals surface area contributed by atoms with Gasteiger partial charge in [0.15, 0.2) is 0 Å². The van der Waals surface area contributed by atoms with Crippen LogP contribution in [0, 0.1) is 40.9 Å². The van der Waals surface area contributed by atoms with Crippen LogP contribution >= 0.6 is 0 Å². The fourth-order valence-corrected chi connectivity index (χ4v) is 7.08. The van der Waals surface area contributed by atoms with Gasteiger partial charge in [-0.2, -0.15) is 0 Å². The summed E-state index contributed by atoms with van der Waals surface area (Å²) >= 11 is 0. The van der Waals surface area contributed by atoms with Gasteiger partial charge in [0.2, 0.25) is 0 Å². The molecule has 0 saturated heterocycles. The van der Waals surface area contributed by atoms with E-state index in [2.05, 4.69) is 6.92 Å². The van der Waals surface area contributed by atoms with E-state index in [1.54, 1.807) is 0 Å². The van der Waals surface area contributed by atoms with Gasteiger partial charge in [-0.05, 0) is 99.2 Å². The molecule has 0 amide bonds. The zero-order valence-electron chi connectivity index (χ0n) is 13.7. The molecule has 4 saturated carbocycles. The molecule has 0 unspecified atom stereocenters. The first-order valence-corrected chi connectivity index (χ1v) is 9.28. The van der Waals surface area contributed by atoms with Crippen LogP contribution in [0.3, 0.4) is 0 Å². The summed E-state index contributed by atoms with van der Waals surface area (Å²) in [5, 5.41) is 20.0. The molecule has 4 aliphatic carbocycles. The first-order chi connectivity index (χ1) is 9.94. The highest BCUT2D eigenvalue weighted by Gasteiger charge is 2.60. The van der Waals surface area contributed by atoms with E-state index in [0.29, 0.717) is 17.9 Å². The van der Waals surface area contributed by atoms with Crippen molar-refractivity contribution in [1.82, 2.24) is 0 Å². The molecule has 0 aromatic rings. The van der Waals surface area contributed by atoms with Crippen molar-refractivity contribution in [3.8, 4) is 0 Å². The quantitative estimate of drug-likeness (QED) is 0.775. The third-order valence-electron chi connectivity index (χ3n) is 8.37. The van der Waals surface area contributed by atoms with E-state index in [1.807, 2.05) is 6.92 Å². The number of hydrogen-bond donors (Lipinski definition) is 2. The minimum atomic E-state index is -0.393. The molecule has 0 aromatic carbocycles. The third kappa shape index (κ3) is 2.05. The highest BCUT2D eigenvalue weighted by atomic mass is 16.3. The maximum atomic E-state index is 10.4. The fraction of sp³-hybridized carbons (Fsp3) is 1.00. The largest absolute Gasteiger partial charge is 0.396 e. The van der Waals surface area contributed by atoms with Crippen molar-refractivity contribution in [2.24, 2.45) is 40.9 Å². The summed E-state index contributed by atoms with van der Waals surface area (Å²) in [6, 6.07) is 0. The average molecular weight is 292 g/mol. The van der Waals surface area contributed by atoms with Gasteiger partial charge in [-0.15, -0.1) is 0 Å². The van der Waals surface area contributed by atoms with Crippen LogP contribution in [0.15, 0.2) is 0 Å². The average Bonchev–Trinajstić information content (AvgIpc) is 2.42. The van der Waals surface area contributed by atoms with Crippen molar-refractivity contribution in [1.29, 1.82) is 0 Å². The van der Waals surface area contributed by atoms with Crippen molar-refractivity contribution in [2.75, 3.05) is 6.61 Å². The number of rotatable bonds is 1. The predicted octanol–water partition coefficient (Wildman–Crippen LogP) is 3.61. The summed E-state index contributed by atoms with van der Waals surface area (Å²) in [5.74, 6) is 4.99. The van der Waals surface area contributed by atoms with Crippen LogP contribution < -0.4 is 0 Å². The Hall–Kier alpha value is -0.0800. The maximum absolute atomic E-state index is 10.4. The predicted molar refractivity (Wildman–Crippen MR) is 83.7 cm³/mol. The van der Waals surface area contributed by atoms with E-state index in [0.717, 1.165) is 42.4 Å². The lowest BCUT2D eigenvalue weighted by Crippen LogP contribution is -2.59. The van der Waals surface area contributed by atoms with Gasteiger partial charge in [-0.1, -0.05) is 6.92 Å². The van der Waals surface area contributed by atoms with Crippen LogP contribution in [0.5, 0.6) is 0 Å². The highest BCUT2D eigenvalue weighted by molar-refractivity contribution is 5.09. The lowest BCUT2D eigenvalue weighted by molar-refractivity contribution is -0.176. The minimum Gasteiger partial charge on any atom is -0.396 e. The van der Waals surface area contributed by atoms with Crippen LogP contribution in [0.25, 0.3) is 0 Å². The lowest BCUT2D eigenvalue weighted by Gasteiger charge is -2.65. The van der Waals surface area contributed by atoms with Gasteiger partial charge >= 0.3 is 0 Å². The molecule has 0 aliphatic heterocycles. The molecule has 120 valence electrons. The highest BCUT2D eigenvalue weighted by Crippen LogP contribution is 2.66. The first kappa shape index (κ1) is 14.5. The van der Waals surface area contributed by atoms with E-state index >= 15 is 0 Å². The van der Waals surface area contributed by atoms with Crippen LogP contribution in [0.2, 0.25) is 0 Å². The molecule has 0 heterocycles. The molecule has 4 rings (SSSR count). The Bertz CT molecular complexity index is 418. The molecule has 2 heteroatoms. The van der Waals surface area contributed by atoms with Gasteiger partial charge in [0, 0.05) is 6.61 Å². The van der Waals surface area contributed by atoms with E-state index in [-0.39, 0.29) is 0 Å². The van der Waals surface area contributed by atoms with Crippen LogP contribution in [-0.2, 0) is 0 Å². The van der Waals surface area contributed by atoms with Gasteiger partial charge in [0.1, 0.15) is 0 Å². The zero-order chi connectivity index (χ0) is 14.8. The molecule has 0 bridgehead atoms. The molecule has 4 fully saturated rings. The summed E-state index contributed by atoms with van der Waals surface area (Å²) in [6.07, 6.45) is 10.1. The Balaban J connectivity index is 1.51. The standard InChI is InChI=1S/C19H32O2/c1-18(21)7-5-14-12(10-18)3-4-16-15(14)6-8-19(2)13(11-20)9-17(16)19/h12-17,20-21H,3-11H2,1-2H3/t12-,13+,14+,15-,16-,17+,18-,19-/m1/s1. The van der Waals surface area contributed by atoms with Crippen molar-refractivity contribution < 1.29 is 10.2 Å². The normalized spacial score (nSPS) is 59.4. The Morgan fingerprint density at radius 1 is 0.952 bits per heavy atom.